The lowest BCUT2D eigenvalue weighted by atomic mass is 10.1. The first-order chi connectivity index (χ1) is 11.9. The summed E-state index contributed by atoms with van der Waals surface area (Å²) in [6.45, 7) is 0.0498. The predicted octanol–water partition coefficient (Wildman–Crippen LogP) is 4.58. The van der Waals surface area contributed by atoms with E-state index in [-0.39, 0.29) is 20.0 Å². The van der Waals surface area contributed by atoms with Crippen LogP contribution in [0.4, 0.5) is 13.2 Å². The lowest BCUT2D eigenvalue weighted by Crippen LogP contribution is -2.16. The number of rotatable bonds is 3. The highest BCUT2D eigenvalue weighted by atomic mass is 35.5. The molecule has 132 valence electrons. The number of fused-ring (bicyclic) bond motifs is 1. The van der Waals surface area contributed by atoms with Crippen molar-refractivity contribution in [2.24, 2.45) is 0 Å². The number of benzene rings is 2. The summed E-state index contributed by atoms with van der Waals surface area (Å²) in [7, 11) is 0. The van der Waals surface area contributed by atoms with Crippen molar-refractivity contribution in [1.29, 1.82) is 0 Å². The molecule has 0 radical (unpaired) electrons. The highest BCUT2D eigenvalue weighted by Crippen LogP contribution is 2.34. The molecular formula is C17H12ClF3O4. The summed E-state index contributed by atoms with van der Waals surface area (Å²) in [4.78, 5) is 12.1. The molecule has 1 aliphatic heterocycles. The summed E-state index contributed by atoms with van der Waals surface area (Å²) in [5, 5.41) is 0.384. The largest absolute Gasteiger partial charge is 0.467 e. The summed E-state index contributed by atoms with van der Waals surface area (Å²) in [6.07, 6.45) is -4.65. The van der Waals surface area contributed by atoms with Crippen LogP contribution in [-0.4, -0.2) is 12.8 Å². The molecule has 1 aliphatic rings. The molecule has 0 atom stereocenters. The molecule has 3 rings (SSSR count). The fourth-order valence-electron chi connectivity index (χ4n) is 2.49. The molecule has 25 heavy (non-hydrogen) atoms. The van der Waals surface area contributed by atoms with E-state index in [2.05, 4.69) is 0 Å². The van der Waals surface area contributed by atoms with Crippen LogP contribution < -0.4 is 4.74 Å². The van der Waals surface area contributed by atoms with Gasteiger partial charge in [-0.1, -0.05) is 23.7 Å². The minimum absolute atomic E-state index is 0.0342. The highest BCUT2D eigenvalue weighted by molar-refractivity contribution is 6.30. The minimum Gasteiger partial charge on any atom is -0.467 e. The Balaban J connectivity index is 1.82. The fraction of sp³-hybridized carbons (Fsp3) is 0.235. The maximum Gasteiger partial charge on any atom is 0.417 e. The van der Waals surface area contributed by atoms with Crippen LogP contribution in [0, 0.1) is 0 Å². The van der Waals surface area contributed by atoms with Crippen molar-refractivity contribution < 1.29 is 32.2 Å². The normalized spacial score (nSPS) is 13.8. The molecule has 0 aromatic heterocycles. The van der Waals surface area contributed by atoms with Crippen molar-refractivity contribution in [3.8, 4) is 5.75 Å². The Morgan fingerprint density at radius 3 is 2.76 bits per heavy atom. The van der Waals surface area contributed by atoms with Crippen molar-refractivity contribution in [2.75, 3.05) is 6.79 Å². The Morgan fingerprint density at radius 2 is 2.00 bits per heavy atom. The first-order valence-corrected chi connectivity index (χ1v) is 7.59. The Kier molecular flexibility index (Phi) is 4.87. The van der Waals surface area contributed by atoms with Crippen LogP contribution in [0.5, 0.6) is 5.75 Å². The molecule has 4 nitrogen and oxygen atoms in total. The molecule has 8 heteroatoms. The summed E-state index contributed by atoms with van der Waals surface area (Å²) in [6, 6.07) is 7.64. The van der Waals surface area contributed by atoms with Crippen molar-refractivity contribution in [1.82, 2.24) is 0 Å². The van der Waals surface area contributed by atoms with Gasteiger partial charge in [-0.05, 0) is 24.3 Å². The Labute approximate surface area is 146 Å². The molecular weight excluding hydrogens is 361 g/mol. The van der Waals surface area contributed by atoms with Crippen LogP contribution in [0.2, 0.25) is 5.02 Å². The number of hydrogen-bond donors (Lipinski definition) is 0. The SMILES string of the molecule is O=C(OCc1cc(Cl)cc2c1OCOC2)c1ccccc1C(F)(F)F. The molecule has 0 spiro atoms. The third-order valence-electron chi connectivity index (χ3n) is 3.56. The molecule has 0 N–H and O–H groups in total. The van der Waals surface area contributed by atoms with Crippen LogP contribution in [0.1, 0.15) is 27.0 Å². The molecule has 0 aliphatic carbocycles. The van der Waals surface area contributed by atoms with Gasteiger partial charge in [-0.2, -0.15) is 13.2 Å². The molecule has 0 bridgehead atoms. The van der Waals surface area contributed by atoms with Gasteiger partial charge in [-0.3, -0.25) is 0 Å². The second kappa shape index (κ2) is 6.93. The van der Waals surface area contributed by atoms with Gasteiger partial charge in [0, 0.05) is 16.1 Å². The number of halogens is 4. The van der Waals surface area contributed by atoms with E-state index in [0.29, 0.717) is 21.9 Å². The number of esters is 1. The topological polar surface area (TPSA) is 44.8 Å². The van der Waals surface area contributed by atoms with Gasteiger partial charge in [0.2, 0.25) is 0 Å². The van der Waals surface area contributed by atoms with Crippen molar-refractivity contribution >= 4 is 17.6 Å². The van der Waals surface area contributed by atoms with Gasteiger partial charge in [-0.25, -0.2) is 4.79 Å². The number of alkyl halides is 3. The van der Waals surface area contributed by atoms with Gasteiger partial charge >= 0.3 is 12.1 Å². The van der Waals surface area contributed by atoms with E-state index < -0.39 is 23.3 Å². The van der Waals surface area contributed by atoms with Crippen LogP contribution >= 0.6 is 11.6 Å². The third-order valence-corrected chi connectivity index (χ3v) is 3.78. The minimum atomic E-state index is -4.65. The van der Waals surface area contributed by atoms with Gasteiger partial charge < -0.3 is 14.2 Å². The molecule has 0 amide bonds. The number of hydrogen-bond acceptors (Lipinski definition) is 4. The molecule has 0 fully saturated rings. The molecule has 2 aromatic carbocycles. The second-order valence-electron chi connectivity index (χ2n) is 5.28. The average molecular weight is 373 g/mol. The average Bonchev–Trinajstić information content (AvgIpc) is 2.58. The Bertz CT molecular complexity index is 805. The fourth-order valence-corrected chi connectivity index (χ4v) is 2.76. The Morgan fingerprint density at radius 1 is 1.24 bits per heavy atom. The number of carbonyl (C=O) groups is 1. The lowest BCUT2D eigenvalue weighted by molar-refractivity contribution is -0.138. The van der Waals surface area contributed by atoms with E-state index >= 15 is 0 Å². The summed E-state index contributed by atoms with van der Waals surface area (Å²) < 4.78 is 54.5. The first kappa shape index (κ1) is 17.6. The van der Waals surface area contributed by atoms with Gasteiger partial charge in [0.05, 0.1) is 17.7 Å². The van der Waals surface area contributed by atoms with Gasteiger partial charge in [0.25, 0.3) is 0 Å². The second-order valence-corrected chi connectivity index (χ2v) is 5.72. The van der Waals surface area contributed by atoms with Gasteiger partial charge in [0.15, 0.2) is 6.79 Å². The Hall–Kier alpha value is -2.25. The van der Waals surface area contributed by atoms with E-state index in [4.69, 9.17) is 25.8 Å². The first-order valence-electron chi connectivity index (χ1n) is 7.21. The van der Waals surface area contributed by atoms with E-state index in [1.54, 1.807) is 6.07 Å². The van der Waals surface area contributed by atoms with Crippen molar-refractivity contribution in [3.63, 3.8) is 0 Å². The maximum absolute atomic E-state index is 13.0. The smallest absolute Gasteiger partial charge is 0.417 e. The molecule has 1 heterocycles. The molecule has 0 unspecified atom stereocenters. The third kappa shape index (κ3) is 3.88. The van der Waals surface area contributed by atoms with E-state index in [1.807, 2.05) is 0 Å². The van der Waals surface area contributed by atoms with E-state index in [1.165, 1.54) is 18.2 Å². The summed E-state index contributed by atoms with van der Waals surface area (Å²) in [5.41, 5.74) is -0.447. The molecule has 2 aromatic rings. The number of ether oxygens (including phenoxy) is 3. The van der Waals surface area contributed by atoms with E-state index in [0.717, 1.165) is 12.1 Å². The zero-order valence-corrected chi connectivity index (χ0v) is 13.5. The maximum atomic E-state index is 13.0. The van der Waals surface area contributed by atoms with E-state index in [9.17, 15) is 18.0 Å². The highest BCUT2D eigenvalue weighted by Gasteiger charge is 2.35. The molecule has 0 saturated carbocycles. The quantitative estimate of drug-likeness (QED) is 0.740. The number of carbonyl (C=O) groups excluding carboxylic acids is 1. The molecule has 0 saturated heterocycles. The monoisotopic (exact) mass is 372 g/mol. The van der Waals surface area contributed by atoms with Gasteiger partial charge in [-0.15, -0.1) is 0 Å². The zero-order chi connectivity index (χ0) is 18.0. The van der Waals surface area contributed by atoms with Gasteiger partial charge in [0.1, 0.15) is 12.4 Å². The summed E-state index contributed by atoms with van der Waals surface area (Å²) in [5.74, 6) is -0.610. The predicted molar refractivity (Wildman–Crippen MR) is 82.3 cm³/mol. The van der Waals surface area contributed by atoms with Crippen LogP contribution in [0.15, 0.2) is 36.4 Å². The van der Waals surface area contributed by atoms with Crippen LogP contribution in [-0.2, 0) is 28.9 Å². The van der Waals surface area contributed by atoms with Crippen LogP contribution in [0.3, 0.4) is 0 Å². The lowest BCUT2D eigenvalue weighted by Gasteiger charge is -2.21. The van der Waals surface area contributed by atoms with Crippen LogP contribution in [0.25, 0.3) is 0 Å². The van der Waals surface area contributed by atoms with Crippen molar-refractivity contribution in [2.45, 2.75) is 19.4 Å². The summed E-state index contributed by atoms with van der Waals surface area (Å²) >= 11 is 6.00. The standard InChI is InChI=1S/C17H12ClF3O4/c18-12-5-10-7-23-9-25-15(10)11(6-12)8-24-16(22)13-3-1-2-4-14(13)17(19,20)21/h1-6H,7-9H2. The van der Waals surface area contributed by atoms with Crippen molar-refractivity contribution in [3.05, 3.63) is 63.7 Å². The zero-order valence-electron chi connectivity index (χ0n) is 12.7.